The smallest absolute Gasteiger partial charge is 0.219 e. The fraction of sp³-hybridized carbons (Fsp3) is 0.636. The minimum absolute atomic E-state index is 0.0214. The summed E-state index contributed by atoms with van der Waals surface area (Å²) in [5.74, 6) is 0.344. The SMILES string of the molecule is CCOC(OCC)c1nc(C)c(C)c(O)n1. The predicted molar refractivity (Wildman–Crippen MR) is 59.2 cm³/mol. The number of aromatic hydroxyl groups is 1. The Kier molecular flexibility index (Phi) is 4.64. The average Bonchev–Trinajstić information content (AvgIpc) is 2.25. The third kappa shape index (κ3) is 2.90. The summed E-state index contributed by atoms with van der Waals surface area (Å²) < 4.78 is 10.7. The zero-order valence-corrected chi connectivity index (χ0v) is 10.1. The van der Waals surface area contributed by atoms with E-state index in [1.807, 2.05) is 20.8 Å². The van der Waals surface area contributed by atoms with Crippen LogP contribution in [0.15, 0.2) is 0 Å². The van der Waals surface area contributed by atoms with Gasteiger partial charge in [0, 0.05) is 24.5 Å². The lowest BCUT2D eigenvalue weighted by Gasteiger charge is -2.16. The van der Waals surface area contributed by atoms with E-state index in [2.05, 4.69) is 9.97 Å². The molecule has 0 saturated heterocycles. The lowest BCUT2D eigenvalue weighted by atomic mass is 10.2. The molecule has 0 unspecified atom stereocenters. The molecule has 0 aromatic carbocycles. The first-order chi connectivity index (χ1) is 7.60. The molecule has 1 aromatic heterocycles. The maximum absolute atomic E-state index is 9.60. The summed E-state index contributed by atoms with van der Waals surface area (Å²) in [6, 6.07) is 0. The summed E-state index contributed by atoms with van der Waals surface area (Å²) >= 11 is 0. The molecule has 0 spiro atoms. The van der Waals surface area contributed by atoms with E-state index in [0.717, 1.165) is 5.69 Å². The Morgan fingerprint density at radius 2 is 1.69 bits per heavy atom. The van der Waals surface area contributed by atoms with E-state index in [-0.39, 0.29) is 5.88 Å². The van der Waals surface area contributed by atoms with E-state index >= 15 is 0 Å². The molecule has 1 N–H and O–H groups in total. The largest absolute Gasteiger partial charge is 0.493 e. The van der Waals surface area contributed by atoms with Crippen molar-refractivity contribution in [2.24, 2.45) is 0 Å². The Hall–Kier alpha value is -1.20. The monoisotopic (exact) mass is 226 g/mol. The molecular formula is C11H18N2O3. The highest BCUT2D eigenvalue weighted by atomic mass is 16.7. The molecule has 1 rings (SSSR count). The molecule has 0 aliphatic heterocycles. The van der Waals surface area contributed by atoms with Crippen molar-refractivity contribution in [3.8, 4) is 5.88 Å². The molecule has 0 aliphatic rings. The second-order valence-corrected chi connectivity index (χ2v) is 3.36. The maximum atomic E-state index is 9.60. The summed E-state index contributed by atoms with van der Waals surface area (Å²) in [7, 11) is 0. The van der Waals surface area contributed by atoms with Crippen molar-refractivity contribution in [2.75, 3.05) is 13.2 Å². The minimum atomic E-state index is -0.611. The van der Waals surface area contributed by atoms with Gasteiger partial charge < -0.3 is 14.6 Å². The Balaban J connectivity index is 3.00. The van der Waals surface area contributed by atoms with Crippen molar-refractivity contribution < 1.29 is 14.6 Å². The summed E-state index contributed by atoms with van der Waals surface area (Å²) in [6.45, 7) is 8.32. The lowest BCUT2D eigenvalue weighted by molar-refractivity contribution is -0.145. The molecule has 16 heavy (non-hydrogen) atoms. The predicted octanol–water partition coefficient (Wildman–Crippen LogP) is 1.87. The standard InChI is InChI=1S/C11H18N2O3/c1-5-15-11(16-6-2)9-12-8(4)7(3)10(14)13-9/h11H,5-6H2,1-4H3,(H,12,13,14). The fourth-order valence-electron chi connectivity index (χ4n) is 1.24. The highest BCUT2D eigenvalue weighted by molar-refractivity contribution is 5.27. The van der Waals surface area contributed by atoms with Gasteiger partial charge in [-0.25, -0.2) is 4.98 Å². The van der Waals surface area contributed by atoms with Crippen LogP contribution in [-0.2, 0) is 9.47 Å². The normalized spacial score (nSPS) is 11.1. The zero-order valence-electron chi connectivity index (χ0n) is 10.1. The van der Waals surface area contributed by atoms with Gasteiger partial charge in [-0.3, -0.25) is 0 Å². The molecule has 0 saturated carbocycles. The van der Waals surface area contributed by atoms with Crippen LogP contribution in [0.5, 0.6) is 5.88 Å². The van der Waals surface area contributed by atoms with E-state index < -0.39 is 6.29 Å². The maximum Gasteiger partial charge on any atom is 0.219 e. The topological polar surface area (TPSA) is 64.5 Å². The molecule has 0 atom stereocenters. The van der Waals surface area contributed by atoms with Crippen LogP contribution in [0.25, 0.3) is 0 Å². The Labute approximate surface area is 95.4 Å². The number of aryl methyl sites for hydroxylation is 1. The highest BCUT2D eigenvalue weighted by Gasteiger charge is 2.17. The van der Waals surface area contributed by atoms with Gasteiger partial charge in [-0.2, -0.15) is 4.98 Å². The average molecular weight is 226 g/mol. The first kappa shape index (κ1) is 12.9. The van der Waals surface area contributed by atoms with Crippen molar-refractivity contribution in [2.45, 2.75) is 34.0 Å². The Morgan fingerprint density at radius 3 is 2.12 bits per heavy atom. The first-order valence-electron chi connectivity index (χ1n) is 5.37. The van der Waals surface area contributed by atoms with Crippen molar-refractivity contribution in [1.29, 1.82) is 0 Å². The molecule has 5 nitrogen and oxygen atoms in total. The molecule has 0 fully saturated rings. The fourth-order valence-corrected chi connectivity index (χ4v) is 1.24. The Morgan fingerprint density at radius 1 is 1.12 bits per heavy atom. The zero-order chi connectivity index (χ0) is 12.1. The number of nitrogens with zero attached hydrogens (tertiary/aromatic N) is 2. The summed E-state index contributed by atoms with van der Waals surface area (Å²) in [6.07, 6.45) is -0.611. The van der Waals surface area contributed by atoms with Crippen molar-refractivity contribution >= 4 is 0 Å². The van der Waals surface area contributed by atoms with Crippen LogP contribution in [-0.4, -0.2) is 28.3 Å². The molecular weight excluding hydrogens is 208 g/mol. The number of ether oxygens (including phenoxy) is 2. The van der Waals surface area contributed by atoms with E-state index in [9.17, 15) is 5.11 Å². The molecule has 5 heteroatoms. The number of aromatic nitrogens is 2. The van der Waals surface area contributed by atoms with Gasteiger partial charge in [-0.15, -0.1) is 0 Å². The third-order valence-electron chi connectivity index (χ3n) is 2.23. The molecule has 0 radical (unpaired) electrons. The highest BCUT2D eigenvalue weighted by Crippen LogP contribution is 2.21. The van der Waals surface area contributed by atoms with Gasteiger partial charge in [0.1, 0.15) is 0 Å². The number of hydrogen-bond acceptors (Lipinski definition) is 5. The molecule has 90 valence electrons. The van der Waals surface area contributed by atoms with Gasteiger partial charge in [-0.1, -0.05) is 0 Å². The van der Waals surface area contributed by atoms with Gasteiger partial charge in [-0.05, 0) is 27.7 Å². The second-order valence-electron chi connectivity index (χ2n) is 3.36. The van der Waals surface area contributed by atoms with Crippen molar-refractivity contribution in [1.82, 2.24) is 9.97 Å². The molecule has 0 bridgehead atoms. The minimum Gasteiger partial charge on any atom is -0.493 e. The Bertz CT molecular complexity index is 326. The van der Waals surface area contributed by atoms with Crippen LogP contribution in [0.1, 0.15) is 37.2 Å². The molecule has 0 amide bonds. The van der Waals surface area contributed by atoms with Gasteiger partial charge in [0.15, 0.2) is 5.82 Å². The van der Waals surface area contributed by atoms with Gasteiger partial charge in [0.25, 0.3) is 0 Å². The molecule has 1 heterocycles. The number of rotatable bonds is 5. The van der Waals surface area contributed by atoms with Crippen LogP contribution in [0.2, 0.25) is 0 Å². The van der Waals surface area contributed by atoms with Crippen molar-refractivity contribution in [3.63, 3.8) is 0 Å². The number of hydrogen-bond donors (Lipinski definition) is 1. The van der Waals surface area contributed by atoms with E-state index in [1.54, 1.807) is 6.92 Å². The third-order valence-corrected chi connectivity index (χ3v) is 2.23. The molecule has 0 aliphatic carbocycles. The summed E-state index contributed by atoms with van der Waals surface area (Å²) in [4.78, 5) is 8.22. The van der Waals surface area contributed by atoms with E-state index in [4.69, 9.17) is 9.47 Å². The van der Waals surface area contributed by atoms with Gasteiger partial charge in [0.05, 0.1) is 0 Å². The van der Waals surface area contributed by atoms with Gasteiger partial charge in [0.2, 0.25) is 12.2 Å². The van der Waals surface area contributed by atoms with Crippen LogP contribution in [0.4, 0.5) is 0 Å². The van der Waals surface area contributed by atoms with Gasteiger partial charge >= 0.3 is 0 Å². The van der Waals surface area contributed by atoms with E-state index in [0.29, 0.717) is 24.6 Å². The summed E-state index contributed by atoms with van der Waals surface area (Å²) in [5, 5.41) is 9.60. The second kappa shape index (κ2) is 5.77. The lowest BCUT2D eigenvalue weighted by Crippen LogP contribution is -2.13. The van der Waals surface area contributed by atoms with Crippen molar-refractivity contribution in [3.05, 3.63) is 17.1 Å². The van der Waals surface area contributed by atoms with Crippen LogP contribution in [0.3, 0.4) is 0 Å². The van der Waals surface area contributed by atoms with Crippen LogP contribution >= 0.6 is 0 Å². The summed E-state index contributed by atoms with van der Waals surface area (Å²) in [5.41, 5.74) is 1.41. The van der Waals surface area contributed by atoms with E-state index in [1.165, 1.54) is 0 Å². The van der Waals surface area contributed by atoms with Crippen LogP contribution < -0.4 is 0 Å². The first-order valence-corrected chi connectivity index (χ1v) is 5.37. The van der Waals surface area contributed by atoms with Crippen LogP contribution in [0, 0.1) is 13.8 Å². The molecule has 1 aromatic rings. The quantitative estimate of drug-likeness (QED) is 0.776.